The third-order valence-electron chi connectivity index (χ3n) is 16.0. The Morgan fingerprint density at radius 1 is 0.476 bits per heavy atom. The molecule has 0 radical (unpaired) electrons. The predicted octanol–water partition coefficient (Wildman–Crippen LogP) is 3.09. The largest absolute Gasteiger partial charge is 1.00 e. The summed E-state index contributed by atoms with van der Waals surface area (Å²) in [6.07, 6.45) is 8.56. The van der Waals surface area contributed by atoms with Gasteiger partial charge >= 0.3 is 0 Å². The molecule has 0 unspecified atom stereocenters. The first-order valence-electron chi connectivity index (χ1n) is 23.1. The highest BCUT2D eigenvalue weighted by Gasteiger charge is 2.62. The van der Waals surface area contributed by atoms with E-state index in [-0.39, 0.29) is 51.1 Å². The fourth-order valence-electron chi connectivity index (χ4n) is 12.2. The summed E-state index contributed by atoms with van der Waals surface area (Å²) in [6.45, 7) is 11.2. The van der Waals surface area contributed by atoms with Crippen molar-refractivity contribution in [1.82, 2.24) is 0 Å². The SMILES string of the molecule is OC(c1ccccc1)(c1ccccc1)C12CC[N+](CC3OCCO3)(CC1)CC2.OC(c1ccccc1)(c1ccccc1)C12CC[N+](CCCCOc3ccccc3)(CC1)CC2.[Br-].[Br-]. The number of unbranched alkanes of at least 4 members (excludes halogenated alkanes) is 1. The van der Waals surface area contributed by atoms with E-state index in [0.29, 0.717) is 0 Å². The number of piperidine rings is 6. The second-order valence-corrected chi connectivity index (χ2v) is 18.9. The number of hydrogen-bond acceptors (Lipinski definition) is 5. The highest BCUT2D eigenvalue weighted by atomic mass is 79.9. The number of fused-ring (bicyclic) bond motifs is 6. The van der Waals surface area contributed by atoms with Gasteiger partial charge in [0.15, 0.2) is 0 Å². The van der Waals surface area contributed by atoms with E-state index >= 15 is 0 Å². The Hall–Kier alpha value is -3.38. The van der Waals surface area contributed by atoms with Gasteiger partial charge in [-0.2, -0.15) is 0 Å². The van der Waals surface area contributed by atoms with Gasteiger partial charge in [0.25, 0.3) is 0 Å². The Morgan fingerprint density at radius 3 is 1.17 bits per heavy atom. The number of halogens is 2. The average Bonchev–Trinajstić information content (AvgIpc) is 3.86. The Morgan fingerprint density at radius 2 is 0.810 bits per heavy atom. The van der Waals surface area contributed by atoms with Gasteiger partial charge in [-0.15, -0.1) is 0 Å². The molecule has 7 nitrogen and oxygen atoms in total. The van der Waals surface area contributed by atoms with Crippen LogP contribution in [0.15, 0.2) is 152 Å². The van der Waals surface area contributed by atoms with E-state index in [1.54, 1.807) is 0 Å². The second-order valence-electron chi connectivity index (χ2n) is 18.9. The molecule has 9 heteroatoms. The number of ether oxygens (including phenoxy) is 3. The molecule has 0 saturated carbocycles. The average molecular weight is 983 g/mol. The molecule has 0 aromatic heterocycles. The van der Waals surface area contributed by atoms with E-state index in [4.69, 9.17) is 14.2 Å². The third-order valence-corrected chi connectivity index (χ3v) is 16.0. The first-order chi connectivity index (χ1) is 29.8. The summed E-state index contributed by atoms with van der Waals surface area (Å²) in [7, 11) is 0. The van der Waals surface area contributed by atoms with Gasteiger partial charge in [-0.05, 0) is 47.2 Å². The summed E-state index contributed by atoms with van der Waals surface area (Å²) in [4.78, 5) is 0. The first kappa shape index (κ1) is 47.6. The zero-order valence-corrected chi connectivity index (χ0v) is 39.9. The molecule has 0 atom stereocenters. The molecule has 0 spiro atoms. The van der Waals surface area contributed by atoms with Crippen molar-refractivity contribution in [2.24, 2.45) is 10.8 Å². The van der Waals surface area contributed by atoms with Crippen LogP contribution in [0.3, 0.4) is 0 Å². The molecule has 12 rings (SSSR count). The molecule has 5 aromatic rings. The molecular weight excluding hydrogens is 916 g/mol. The van der Waals surface area contributed by atoms with Crippen molar-refractivity contribution in [1.29, 1.82) is 0 Å². The Bertz CT molecular complexity index is 2010. The minimum Gasteiger partial charge on any atom is -1.00 e. The predicted molar refractivity (Wildman–Crippen MR) is 241 cm³/mol. The van der Waals surface area contributed by atoms with Crippen molar-refractivity contribution >= 4 is 0 Å². The molecule has 5 aromatic carbocycles. The summed E-state index contributed by atoms with van der Waals surface area (Å²) in [5, 5.41) is 24.8. The maximum Gasteiger partial charge on any atom is 0.207 e. The van der Waals surface area contributed by atoms with Crippen molar-refractivity contribution in [3.63, 3.8) is 0 Å². The maximum absolute atomic E-state index is 12.5. The molecule has 7 saturated heterocycles. The lowest BCUT2D eigenvalue weighted by Crippen LogP contribution is -3.00. The van der Waals surface area contributed by atoms with Gasteiger partial charge in [0, 0.05) is 49.4 Å². The Kier molecular flexibility index (Phi) is 15.4. The maximum atomic E-state index is 12.5. The molecule has 7 aliphatic rings. The zero-order valence-electron chi connectivity index (χ0n) is 36.7. The first-order valence-corrected chi connectivity index (χ1v) is 23.1. The topological polar surface area (TPSA) is 68.2 Å². The summed E-state index contributed by atoms with van der Waals surface area (Å²) in [5.41, 5.74) is 2.02. The molecule has 336 valence electrons. The van der Waals surface area contributed by atoms with E-state index in [9.17, 15) is 10.2 Å². The van der Waals surface area contributed by atoms with Gasteiger partial charge in [0.1, 0.15) is 23.5 Å². The normalized spacial score (nSPS) is 26.4. The molecule has 4 bridgehead atoms. The highest BCUT2D eigenvalue weighted by molar-refractivity contribution is 5.41. The lowest BCUT2D eigenvalue weighted by Gasteiger charge is -2.60. The van der Waals surface area contributed by atoms with Gasteiger partial charge < -0.3 is 67.4 Å². The fraction of sp³-hybridized carbons (Fsp3) is 0.444. The summed E-state index contributed by atoms with van der Waals surface area (Å²) in [5.74, 6) is 0.964. The number of nitrogens with zero attached hydrogens (tertiary/aromatic N) is 2. The summed E-state index contributed by atoms with van der Waals surface area (Å²) in [6, 6.07) is 51.5. The molecule has 0 aliphatic carbocycles. The lowest BCUT2D eigenvalue weighted by molar-refractivity contribution is -0.950. The molecule has 0 amide bonds. The van der Waals surface area contributed by atoms with Crippen LogP contribution in [0.5, 0.6) is 5.75 Å². The quantitative estimate of drug-likeness (QED) is 0.133. The van der Waals surface area contributed by atoms with Crippen LogP contribution in [-0.4, -0.2) is 97.6 Å². The summed E-state index contributed by atoms with van der Waals surface area (Å²) >= 11 is 0. The fourth-order valence-corrected chi connectivity index (χ4v) is 12.2. The molecule has 7 heterocycles. The second kappa shape index (κ2) is 20.4. The van der Waals surface area contributed by atoms with Gasteiger partial charge in [0.2, 0.25) is 6.29 Å². The van der Waals surface area contributed by atoms with Gasteiger partial charge in [-0.3, -0.25) is 0 Å². The van der Waals surface area contributed by atoms with Crippen LogP contribution in [0.2, 0.25) is 0 Å². The Balaban J connectivity index is 0.000000185. The van der Waals surface area contributed by atoms with E-state index in [0.717, 1.165) is 123 Å². The molecule has 7 aliphatic heterocycles. The van der Waals surface area contributed by atoms with Crippen molar-refractivity contribution in [2.75, 3.05) is 72.2 Å². The lowest BCUT2D eigenvalue weighted by atomic mass is 9.56. The molecule has 63 heavy (non-hydrogen) atoms. The third kappa shape index (κ3) is 9.37. The van der Waals surface area contributed by atoms with Crippen LogP contribution in [-0.2, 0) is 20.7 Å². The van der Waals surface area contributed by atoms with Crippen LogP contribution in [0.4, 0.5) is 0 Å². The monoisotopic (exact) mass is 980 g/mol. The van der Waals surface area contributed by atoms with Crippen LogP contribution in [0.25, 0.3) is 0 Å². The Labute approximate surface area is 396 Å². The van der Waals surface area contributed by atoms with Crippen molar-refractivity contribution in [3.8, 4) is 5.75 Å². The number of benzene rings is 5. The molecule has 7 fully saturated rings. The minimum absolute atomic E-state index is 0. The van der Waals surface area contributed by atoms with E-state index in [1.165, 1.54) is 37.1 Å². The molecular formula is C54H66Br2N2O5. The van der Waals surface area contributed by atoms with Crippen LogP contribution in [0, 0.1) is 10.8 Å². The number of para-hydroxylation sites is 1. The van der Waals surface area contributed by atoms with Crippen LogP contribution in [0.1, 0.15) is 73.6 Å². The van der Waals surface area contributed by atoms with E-state index in [1.807, 2.05) is 78.9 Å². The van der Waals surface area contributed by atoms with Crippen molar-refractivity contribution in [3.05, 3.63) is 174 Å². The van der Waals surface area contributed by atoms with E-state index in [2.05, 4.69) is 72.8 Å². The van der Waals surface area contributed by atoms with Gasteiger partial charge in [-0.1, -0.05) is 140 Å². The number of quaternary nitrogens is 2. The number of hydrogen-bond donors (Lipinski definition) is 2. The van der Waals surface area contributed by atoms with E-state index < -0.39 is 11.2 Å². The smallest absolute Gasteiger partial charge is 0.207 e. The number of aliphatic hydroxyl groups is 2. The molecule has 2 N–H and O–H groups in total. The summed E-state index contributed by atoms with van der Waals surface area (Å²) < 4.78 is 19.7. The zero-order chi connectivity index (χ0) is 41.7. The van der Waals surface area contributed by atoms with Crippen molar-refractivity contribution in [2.45, 2.75) is 68.9 Å². The van der Waals surface area contributed by atoms with Gasteiger partial charge in [0.05, 0.1) is 65.6 Å². The van der Waals surface area contributed by atoms with Gasteiger partial charge in [-0.25, -0.2) is 0 Å². The highest BCUT2D eigenvalue weighted by Crippen LogP contribution is 2.59. The number of rotatable bonds is 14. The van der Waals surface area contributed by atoms with Crippen LogP contribution >= 0.6 is 0 Å². The minimum atomic E-state index is -0.952. The van der Waals surface area contributed by atoms with Crippen LogP contribution < -0.4 is 38.7 Å². The standard InChI is InChI=1S/C30H36NO2.C24H30NO3.2BrH/c32-30(26-12-4-1-5-13-26,27-14-6-2-7-15-27)29-18-22-31(23-19-29,24-20-29)21-10-11-25-33-28-16-8-3-9-17-28;26-24(20-7-3-1-4-8-20,21-9-5-2-6-10-21)23-11-14-25(15-12-23,16-13-23)19-22-27-17-18-28-22;;/h1-9,12-17,32H,10-11,18-25H2;1-10,22,26H,11-19H2;2*1H/q2*+1;;/p-2. The van der Waals surface area contributed by atoms with Crippen molar-refractivity contribution < 1.29 is 67.4 Å².